The van der Waals surface area contributed by atoms with Gasteiger partial charge in [-0.25, -0.2) is 12.8 Å². The fourth-order valence-electron chi connectivity index (χ4n) is 1.99. The highest BCUT2D eigenvalue weighted by Gasteiger charge is 2.19. The maximum Gasteiger partial charge on any atom is 0.262 e. The number of carbonyl (C=O) groups is 1. The number of halogens is 1. The minimum Gasteiger partial charge on any atom is -0.482 e. The lowest BCUT2D eigenvalue weighted by molar-refractivity contribution is -0.118. The molecule has 3 rings (SSSR count). The van der Waals surface area contributed by atoms with Gasteiger partial charge in [0.25, 0.3) is 15.9 Å². The van der Waals surface area contributed by atoms with E-state index in [1.807, 2.05) is 0 Å². The van der Waals surface area contributed by atoms with E-state index in [1.54, 1.807) is 0 Å². The SMILES string of the molecule is O=C1COc2ccc(NS(=O)(=O)c3cccc(F)c3)cc2N1. The van der Waals surface area contributed by atoms with E-state index in [4.69, 9.17) is 4.74 Å². The van der Waals surface area contributed by atoms with Gasteiger partial charge in [-0.05, 0) is 36.4 Å². The number of benzene rings is 2. The Kier molecular flexibility index (Phi) is 3.45. The third kappa shape index (κ3) is 2.86. The lowest BCUT2D eigenvalue weighted by Gasteiger charge is -2.18. The number of ether oxygens (including phenoxy) is 1. The Labute approximate surface area is 126 Å². The van der Waals surface area contributed by atoms with Gasteiger partial charge in [-0.15, -0.1) is 0 Å². The molecule has 0 saturated heterocycles. The van der Waals surface area contributed by atoms with Gasteiger partial charge in [-0.3, -0.25) is 9.52 Å². The van der Waals surface area contributed by atoms with Crippen LogP contribution in [0.1, 0.15) is 0 Å². The first-order valence-corrected chi connectivity index (χ1v) is 7.77. The number of sulfonamides is 1. The molecule has 0 aromatic heterocycles. The normalized spacial score (nSPS) is 13.8. The van der Waals surface area contributed by atoms with Gasteiger partial charge in [0.1, 0.15) is 11.6 Å². The summed E-state index contributed by atoms with van der Waals surface area (Å²) in [6, 6.07) is 9.14. The Morgan fingerprint density at radius 3 is 2.77 bits per heavy atom. The summed E-state index contributed by atoms with van der Waals surface area (Å²) in [6.45, 7) is -0.0820. The van der Waals surface area contributed by atoms with Crippen LogP contribution in [0.5, 0.6) is 5.75 Å². The molecule has 22 heavy (non-hydrogen) atoms. The molecule has 0 aliphatic carbocycles. The molecule has 0 unspecified atom stereocenters. The van der Waals surface area contributed by atoms with Crippen LogP contribution in [-0.2, 0) is 14.8 Å². The van der Waals surface area contributed by atoms with Crippen molar-refractivity contribution in [2.24, 2.45) is 0 Å². The van der Waals surface area contributed by atoms with E-state index < -0.39 is 15.8 Å². The zero-order valence-corrected chi connectivity index (χ0v) is 12.0. The lowest BCUT2D eigenvalue weighted by atomic mass is 10.2. The number of nitrogens with one attached hydrogen (secondary N) is 2. The Morgan fingerprint density at radius 2 is 2.00 bits per heavy atom. The molecule has 8 heteroatoms. The molecule has 2 aromatic carbocycles. The molecule has 1 aliphatic heterocycles. The number of fused-ring (bicyclic) bond motifs is 1. The predicted octanol–water partition coefficient (Wildman–Crippen LogP) is 1.96. The second kappa shape index (κ2) is 5.30. The summed E-state index contributed by atoms with van der Waals surface area (Å²) >= 11 is 0. The molecule has 2 N–H and O–H groups in total. The van der Waals surface area contributed by atoms with Crippen LogP contribution in [0.4, 0.5) is 15.8 Å². The zero-order valence-electron chi connectivity index (χ0n) is 11.2. The van der Waals surface area contributed by atoms with Gasteiger partial charge >= 0.3 is 0 Å². The van der Waals surface area contributed by atoms with Crippen molar-refractivity contribution in [3.05, 3.63) is 48.3 Å². The van der Waals surface area contributed by atoms with Gasteiger partial charge < -0.3 is 10.1 Å². The average Bonchev–Trinajstić information content (AvgIpc) is 2.46. The van der Waals surface area contributed by atoms with Crippen LogP contribution in [0.2, 0.25) is 0 Å². The molecule has 6 nitrogen and oxygen atoms in total. The van der Waals surface area contributed by atoms with Crippen molar-refractivity contribution >= 4 is 27.3 Å². The fraction of sp³-hybridized carbons (Fsp3) is 0.0714. The summed E-state index contributed by atoms with van der Waals surface area (Å²) in [5.74, 6) is -0.514. The van der Waals surface area contributed by atoms with Gasteiger partial charge in [0.05, 0.1) is 16.3 Å². The number of anilines is 2. The second-order valence-electron chi connectivity index (χ2n) is 4.61. The highest BCUT2D eigenvalue weighted by atomic mass is 32.2. The molecular weight excluding hydrogens is 311 g/mol. The first-order valence-electron chi connectivity index (χ1n) is 6.29. The van der Waals surface area contributed by atoms with Crippen molar-refractivity contribution < 1.29 is 22.3 Å². The van der Waals surface area contributed by atoms with Crippen LogP contribution >= 0.6 is 0 Å². The van der Waals surface area contributed by atoms with Gasteiger partial charge in [-0.2, -0.15) is 0 Å². The van der Waals surface area contributed by atoms with E-state index >= 15 is 0 Å². The maximum absolute atomic E-state index is 13.1. The first-order chi connectivity index (χ1) is 10.4. The monoisotopic (exact) mass is 322 g/mol. The van der Waals surface area contributed by atoms with E-state index in [1.165, 1.54) is 30.3 Å². The van der Waals surface area contributed by atoms with E-state index in [-0.39, 0.29) is 23.1 Å². The molecule has 0 spiro atoms. The van der Waals surface area contributed by atoms with Gasteiger partial charge in [0, 0.05) is 0 Å². The smallest absolute Gasteiger partial charge is 0.262 e. The molecule has 0 bridgehead atoms. The van der Waals surface area contributed by atoms with Crippen LogP contribution in [-0.4, -0.2) is 20.9 Å². The largest absolute Gasteiger partial charge is 0.482 e. The molecule has 114 valence electrons. The van der Waals surface area contributed by atoms with E-state index in [2.05, 4.69) is 10.0 Å². The van der Waals surface area contributed by atoms with Crippen LogP contribution in [0.25, 0.3) is 0 Å². The molecule has 0 fully saturated rings. The zero-order chi connectivity index (χ0) is 15.7. The molecular formula is C14H11FN2O4S. The van der Waals surface area contributed by atoms with Crippen molar-refractivity contribution in [3.63, 3.8) is 0 Å². The quantitative estimate of drug-likeness (QED) is 0.904. The van der Waals surface area contributed by atoms with Crippen molar-refractivity contribution in [2.75, 3.05) is 16.6 Å². The number of amides is 1. The summed E-state index contributed by atoms with van der Waals surface area (Å²) in [7, 11) is -3.92. The minimum absolute atomic E-state index is 0.0820. The second-order valence-corrected chi connectivity index (χ2v) is 6.29. The van der Waals surface area contributed by atoms with Crippen LogP contribution in [0.15, 0.2) is 47.4 Å². The number of hydrogen-bond donors (Lipinski definition) is 2. The van der Waals surface area contributed by atoms with Crippen molar-refractivity contribution in [3.8, 4) is 5.75 Å². The molecule has 1 heterocycles. The van der Waals surface area contributed by atoms with Crippen molar-refractivity contribution in [1.29, 1.82) is 0 Å². The maximum atomic E-state index is 13.1. The minimum atomic E-state index is -3.92. The summed E-state index contributed by atoms with van der Waals surface area (Å²) in [5.41, 5.74) is 0.601. The number of carbonyl (C=O) groups excluding carboxylic acids is 1. The highest BCUT2D eigenvalue weighted by molar-refractivity contribution is 7.92. The predicted molar refractivity (Wildman–Crippen MR) is 77.8 cm³/mol. The summed E-state index contributed by atoms with van der Waals surface area (Å²) in [4.78, 5) is 11.1. The van der Waals surface area contributed by atoms with Crippen LogP contribution in [0, 0.1) is 5.82 Å². The molecule has 0 radical (unpaired) electrons. The number of hydrogen-bond acceptors (Lipinski definition) is 4. The van der Waals surface area contributed by atoms with E-state index in [0.717, 1.165) is 12.1 Å². The van der Waals surface area contributed by atoms with Crippen molar-refractivity contribution in [1.82, 2.24) is 0 Å². The standard InChI is InChI=1S/C14H11FN2O4S/c15-9-2-1-3-11(6-9)22(19,20)17-10-4-5-13-12(7-10)16-14(18)8-21-13/h1-7,17H,8H2,(H,16,18). The van der Waals surface area contributed by atoms with E-state index in [0.29, 0.717) is 11.4 Å². The van der Waals surface area contributed by atoms with Gasteiger partial charge in [0.2, 0.25) is 0 Å². The fourth-order valence-corrected chi connectivity index (χ4v) is 3.08. The summed E-state index contributed by atoms with van der Waals surface area (Å²) in [6.07, 6.45) is 0. The molecule has 0 atom stereocenters. The lowest BCUT2D eigenvalue weighted by Crippen LogP contribution is -2.25. The Morgan fingerprint density at radius 1 is 1.18 bits per heavy atom. The van der Waals surface area contributed by atoms with Gasteiger partial charge in [0.15, 0.2) is 6.61 Å². The average molecular weight is 322 g/mol. The Balaban J connectivity index is 1.90. The third-order valence-corrected chi connectivity index (χ3v) is 4.35. The topological polar surface area (TPSA) is 84.5 Å². The Bertz CT molecular complexity index is 852. The molecule has 1 aliphatic rings. The first kappa shape index (κ1) is 14.3. The van der Waals surface area contributed by atoms with Crippen molar-refractivity contribution in [2.45, 2.75) is 4.90 Å². The highest BCUT2D eigenvalue weighted by Crippen LogP contribution is 2.31. The summed E-state index contributed by atoms with van der Waals surface area (Å²) in [5, 5.41) is 2.58. The number of rotatable bonds is 3. The molecule has 0 saturated carbocycles. The molecule has 2 aromatic rings. The van der Waals surface area contributed by atoms with Crippen LogP contribution in [0.3, 0.4) is 0 Å². The van der Waals surface area contributed by atoms with Crippen LogP contribution < -0.4 is 14.8 Å². The third-order valence-electron chi connectivity index (χ3n) is 2.97. The molecule has 1 amide bonds. The van der Waals surface area contributed by atoms with Gasteiger partial charge in [-0.1, -0.05) is 6.07 Å². The summed E-state index contributed by atoms with van der Waals surface area (Å²) < 4.78 is 45.0. The van der Waals surface area contributed by atoms with E-state index in [9.17, 15) is 17.6 Å². The Hall–Kier alpha value is -2.61.